The van der Waals surface area contributed by atoms with Gasteiger partial charge in [-0.15, -0.1) is 0 Å². The molecule has 0 fully saturated rings. The van der Waals surface area contributed by atoms with Gasteiger partial charge in [0.25, 0.3) is 5.91 Å². The molecule has 2 aromatic carbocycles. The lowest BCUT2D eigenvalue weighted by atomic mass is 10.1. The largest absolute Gasteiger partial charge is 0.490 e. The van der Waals surface area contributed by atoms with Crippen molar-refractivity contribution in [1.82, 2.24) is 10.2 Å². The Bertz CT molecular complexity index is 1020. The fraction of sp³-hybridized carbons (Fsp3) is 0.391. The van der Waals surface area contributed by atoms with Crippen LogP contribution in [0.25, 0.3) is 0 Å². The standard InChI is InChI=1S/C23H28ClN3O6/c1-15(22(29)25-23(2,3)4)26(13-16-8-6-7-9-18(16)24)21(28)14-33-17-10-11-19(27(30)31)20(12-17)32-5/h6-12,15H,13-14H2,1-5H3,(H,25,29)/t15-/m1/s1. The Labute approximate surface area is 197 Å². The molecule has 0 radical (unpaired) electrons. The molecule has 1 N–H and O–H groups in total. The van der Waals surface area contributed by atoms with Gasteiger partial charge in [0, 0.05) is 29.2 Å². The maximum absolute atomic E-state index is 13.1. The van der Waals surface area contributed by atoms with Crippen molar-refractivity contribution in [2.24, 2.45) is 0 Å². The smallest absolute Gasteiger partial charge is 0.311 e. The molecule has 0 aliphatic rings. The molecule has 0 saturated heterocycles. The number of benzene rings is 2. The van der Waals surface area contributed by atoms with Gasteiger partial charge < -0.3 is 19.7 Å². The molecular formula is C23H28ClN3O6. The first kappa shape index (κ1) is 25.9. The third-order valence-corrected chi connectivity index (χ3v) is 5.04. The molecule has 0 aliphatic heterocycles. The molecule has 0 aliphatic carbocycles. The number of nitro groups is 1. The second kappa shape index (κ2) is 11.0. The molecule has 33 heavy (non-hydrogen) atoms. The summed E-state index contributed by atoms with van der Waals surface area (Å²) >= 11 is 6.27. The van der Waals surface area contributed by atoms with E-state index in [2.05, 4.69) is 5.32 Å². The zero-order chi connectivity index (χ0) is 24.8. The molecule has 2 amide bonds. The number of rotatable bonds is 9. The van der Waals surface area contributed by atoms with E-state index in [4.69, 9.17) is 21.1 Å². The summed E-state index contributed by atoms with van der Waals surface area (Å²) in [4.78, 5) is 37.8. The van der Waals surface area contributed by atoms with Gasteiger partial charge in [-0.25, -0.2) is 0 Å². The minimum absolute atomic E-state index is 0.01000. The van der Waals surface area contributed by atoms with Gasteiger partial charge in [-0.3, -0.25) is 19.7 Å². The summed E-state index contributed by atoms with van der Waals surface area (Å²) in [5.74, 6) is -0.546. The number of nitro benzene ring substituents is 1. The van der Waals surface area contributed by atoms with Crippen LogP contribution in [0.3, 0.4) is 0 Å². The van der Waals surface area contributed by atoms with Gasteiger partial charge in [-0.05, 0) is 45.4 Å². The summed E-state index contributed by atoms with van der Waals surface area (Å²) in [5, 5.41) is 14.4. The highest BCUT2D eigenvalue weighted by Crippen LogP contribution is 2.30. The van der Waals surface area contributed by atoms with Crippen molar-refractivity contribution >= 4 is 29.1 Å². The highest BCUT2D eigenvalue weighted by Gasteiger charge is 2.29. The zero-order valence-corrected chi connectivity index (χ0v) is 20.0. The number of nitrogens with zero attached hydrogens (tertiary/aromatic N) is 2. The van der Waals surface area contributed by atoms with Gasteiger partial charge in [0.1, 0.15) is 11.8 Å². The molecule has 178 valence electrons. The van der Waals surface area contributed by atoms with Crippen LogP contribution in [-0.2, 0) is 16.1 Å². The van der Waals surface area contributed by atoms with E-state index in [0.717, 1.165) is 0 Å². The summed E-state index contributed by atoms with van der Waals surface area (Å²) in [6.07, 6.45) is 0. The van der Waals surface area contributed by atoms with Crippen LogP contribution in [0.4, 0.5) is 5.69 Å². The van der Waals surface area contributed by atoms with Crippen LogP contribution in [0, 0.1) is 10.1 Å². The lowest BCUT2D eigenvalue weighted by Gasteiger charge is -2.31. The monoisotopic (exact) mass is 477 g/mol. The normalized spacial score (nSPS) is 11.9. The summed E-state index contributed by atoms with van der Waals surface area (Å²) in [5.41, 5.74) is -0.0140. The second-order valence-corrected chi connectivity index (χ2v) is 8.81. The Morgan fingerprint density at radius 1 is 1.21 bits per heavy atom. The molecule has 2 aromatic rings. The van der Waals surface area contributed by atoms with Crippen LogP contribution in [0.15, 0.2) is 42.5 Å². The molecule has 9 nitrogen and oxygen atoms in total. The third-order valence-electron chi connectivity index (χ3n) is 4.67. The molecule has 0 spiro atoms. The van der Waals surface area contributed by atoms with Gasteiger partial charge in [0.2, 0.25) is 11.7 Å². The van der Waals surface area contributed by atoms with E-state index in [9.17, 15) is 19.7 Å². The summed E-state index contributed by atoms with van der Waals surface area (Å²) in [7, 11) is 1.30. The van der Waals surface area contributed by atoms with Crippen molar-refractivity contribution in [3.8, 4) is 11.5 Å². The fourth-order valence-corrected chi connectivity index (χ4v) is 3.19. The molecule has 2 rings (SSSR count). The number of halogens is 1. The van der Waals surface area contributed by atoms with Crippen molar-refractivity contribution in [1.29, 1.82) is 0 Å². The van der Waals surface area contributed by atoms with E-state index in [1.54, 1.807) is 31.2 Å². The fourth-order valence-electron chi connectivity index (χ4n) is 2.99. The maximum atomic E-state index is 13.1. The number of ether oxygens (including phenoxy) is 2. The van der Waals surface area contributed by atoms with Gasteiger partial charge in [0.05, 0.1) is 12.0 Å². The lowest BCUT2D eigenvalue weighted by molar-refractivity contribution is -0.385. The van der Waals surface area contributed by atoms with E-state index < -0.39 is 29.0 Å². The van der Waals surface area contributed by atoms with Crippen molar-refractivity contribution in [2.45, 2.75) is 45.8 Å². The lowest BCUT2D eigenvalue weighted by Crippen LogP contribution is -2.53. The van der Waals surface area contributed by atoms with E-state index in [-0.39, 0.29) is 29.6 Å². The number of amides is 2. The number of hydrogen-bond acceptors (Lipinski definition) is 6. The van der Waals surface area contributed by atoms with Crippen LogP contribution >= 0.6 is 11.6 Å². The van der Waals surface area contributed by atoms with E-state index in [1.165, 1.54) is 30.2 Å². The quantitative estimate of drug-likeness (QED) is 0.432. The molecule has 0 saturated carbocycles. The Morgan fingerprint density at radius 3 is 2.45 bits per heavy atom. The van der Waals surface area contributed by atoms with Gasteiger partial charge in [-0.1, -0.05) is 29.8 Å². The van der Waals surface area contributed by atoms with Crippen molar-refractivity contribution in [2.75, 3.05) is 13.7 Å². The minimum atomic E-state index is -0.803. The Morgan fingerprint density at radius 2 is 1.88 bits per heavy atom. The molecule has 0 aromatic heterocycles. The van der Waals surface area contributed by atoms with Gasteiger partial charge >= 0.3 is 5.69 Å². The molecule has 0 unspecified atom stereocenters. The highest BCUT2D eigenvalue weighted by atomic mass is 35.5. The first-order chi connectivity index (χ1) is 15.4. The van der Waals surface area contributed by atoms with Crippen molar-refractivity contribution < 1.29 is 24.0 Å². The van der Waals surface area contributed by atoms with Crippen LogP contribution in [0.2, 0.25) is 5.02 Å². The van der Waals surface area contributed by atoms with Crippen LogP contribution in [0.1, 0.15) is 33.3 Å². The van der Waals surface area contributed by atoms with Gasteiger partial charge in [0.15, 0.2) is 6.61 Å². The Hall–Kier alpha value is -3.33. The highest BCUT2D eigenvalue weighted by molar-refractivity contribution is 6.31. The van der Waals surface area contributed by atoms with Crippen LogP contribution in [0.5, 0.6) is 11.5 Å². The topological polar surface area (TPSA) is 111 Å². The molecular weight excluding hydrogens is 450 g/mol. The van der Waals surface area contributed by atoms with E-state index >= 15 is 0 Å². The molecule has 1 atom stereocenters. The number of carbonyl (C=O) groups excluding carboxylic acids is 2. The predicted molar refractivity (Wildman–Crippen MR) is 125 cm³/mol. The van der Waals surface area contributed by atoms with Crippen molar-refractivity contribution in [3.63, 3.8) is 0 Å². The predicted octanol–water partition coefficient (Wildman–Crippen LogP) is 3.97. The van der Waals surface area contributed by atoms with E-state index in [0.29, 0.717) is 10.6 Å². The number of carbonyl (C=O) groups is 2. The Balaban J connectivity index is 2.23. The SMILES string of the molecule is COc1cc(OCC(=O)N(Cc2ccccc2Cl)[C@H](C)C(=O)NC(C)(C)C)ccc1[N+](=O)[O-]. The number of methoxy groups -OCH3 is 1. The van der Waals surface area contributed by atoms with Crippen LogP contribution < -0.4 is 14.8 Å². The second-order valence-electron chi connectivity index (χ2n) is 8.41. The average Bonchev–Trinajstić information content (AvgIpc) is 2.74. The third kappa shape index (κ3) is 7.35. The zero-order valence-electron chi connectivity index (χ0n) is 19.3. The summed E-state index contributed by atoms with van der Waals surface area (Å²) < 4.78 is 10.6. The number of hydrogen-bond donors (Lipinski definition) is 1. The van der Waals surface area contributed by atoms with Gasteiger partial charge in [-0.2, -0.15) is 0 Å². The van der Waals surface area contributed by atoms with E-state index in [1.807, 2.05) is 20.8 Å². The van der Waals surface area contributed by atoms with Crippen molar-refractivity contribution in [3.05, 3.63) is 63.2 Å². The molecule has 0 bridgehead atoms. The molecule has 10 heteroatoms. The van der Waals surface area contributed by atoms with Crippen LogP contribution in [-0.4, -0.2) is 46.9 Å². The first-order valence-electron chi connectivity index (χ1n) is 10.2. The summed E-state index contributed by atoms with van der Waals surface area (Å²) in [6.45, 7) is 6.89. The first-order valence-corrected chi connectivity index (χ1v) is 10.6. The number of nitrogens with one attached hydrogen (secondary N) is 1. The average molecular weight is 478 g/mol. The molecule has 0 heterocycles. The minimum Gasteiger partial charge on any atom is -0.490 e. The maximum Gasteiger partial charge on any atom is 0.311 e. The Kier molecular flexibility index (Phi) is 8.64. The summed E-state index contributed by atoms with van der Waals surface area (Å²) in [6, 6.07) is 10.2.